The maximum absolute atomic E-state index is 9.74. The van der Waals surface area contributed by atoms with E-state index in [0.717, 1.165) is 0 Å². The van der Waals surface area contributed by atoms with E-state index in [0.29, 0.717) is 0 Å². The SMILES string of the molecule is O=C([O-])C(O)C(O)C(=O)O.O=S(=O)([O-])[O-].[Nd+3]. The Morgan fingerprint density at radius 2 is 1.31 bits per heavy atom. The molecule has 1 radical (unpaired) electrons. The van der Waals surface area contributed by atoms with E-state index in [4.69, 9.17) is 32.8 Å². The molecule has 0 aliphatic rings. The monoisotopic (exact) mass is 387 g/mol. The van der Waals surface area contributed by atoms with E-state index in [1.807, 2.05) is 0 Å². The summed E-state index contributed by atoms with van der Waals surface area (Å²) in [4.78, 5) is 19.4. The number of rotatable bonds is 3. The zero-order valence-electron chi connectivity index (χ0n) is 7.26. The fourth-order valence-corrected chi connectivity index (χ4v) is 0.264. The number of aliphatic hydroxyl groups is 2. The molecule has 91 valence electrons. The van der Waals surface area contributed by atoms with Gasteiger partial charge in [0, 0.05) is 10.4 Å². The van der Waals surface area contributed by atoms with Gasteiger partial charge in [-0.15, -0.1) is 0 Å². The van der Waals surface area contributed by atoms with Crippen LogP contribution in [0.4, 0.5) is 0 Å². The van der Waals surface area contributed by atoms with Crippen LogP contribution in [0.5, 0.6) is 0 Å². The molecule has 0 aromatic heterocycles. The van der Waals surface area contributed by atoms with Crippen molar-refractivity contribution in [3.05, 3.63) is 0 Å². The number of carbonyl (C=O) groups is 2. The molecule has 10 nitrogen and oxygen atoms in total. The topological polar surface area (TPSA) is 198 Å². The van der Waals surface area contributed by atoms with Gasteiger partial charge in [0.25, 0.3) is 0 Å². The van der Waals surface area contributed by atoms with Crippen molar-refractivity contribution in [2.75, 3.05) is 0 Å². The summed E-state index contributed by atoms with van der Waals surface area (Å²) >= 11 is 0. The van der Waals surface area contributed by atoms with Crippen LogP contribution in [0.2, 0.25) is 0 Å². The zero-order valence-corrected chi connectivity index (χ0v) is 11.3. The normalized spacial score (nSPS) is 13.5. The summed E-state index contributed by atoms with van der Waals surface area (Å²) in [6, 6.07) is 0. The quantitative estimate of drug-likeness (QED) is 0.311. The van der Waals surface area contributed by atoms with Gasteiger partial charge in [-0.05, 0) is 0 Å². The van der Waals surface area contributed by atoms with Crippen LogP contribution >= 0.6 is 0 Å². The summed E-state index contributed by atoms with van der Waals surface area (Å²) in [6.07, 6.45) is -4.71. The molecule has 0 saturated heterocycles. The Labute approximate surface area is 122 Å². The van der Waals surface area contributed by atoms with Crippen LogP contribution < -0.4 is 5.11 Å². The Bertz CT molecular complexity index is 296. The molecule has 0 heterocycles. The van der Waals surface area contributed by atoms with Gasteiger partial charge in [0.05, 0.1) is 5.97 Å². The van der Waals surface area contributed by atoms with Crippen LogP contribution in [0.25, 0.3) is 0 Å². The maximum Gasteiger partial charge on any atom is 3.00 e. The summed E-state index contributed by atoms with van der Waals surface area (Å²) < 4.78 is 34.1. The van der Waals surface area contributed by atoms with E-state index >= 15 is 0 Å². The Hall–Kier alpha value is 0.0806. The zero-order chi connectivity index (χ0) is 12.8. The van der Waals surface area contributed by atoms with Crippen LogP contribution in [-0.4, -0.2) is 57.0 Å². The minimum atomic E-state index is -5.17. The molecule has 2 unspecified atom stereocenters. The second-order valence-corrected chi connectivity index (χ2v) is 2.77. The molecule has 0 fully saturated rings. The fourth-order valence-electron chi connectivity index (χ4n) is 0.264. The van der Waals surface area contributed by atoms with Gasteiger partial charge in [-0.1, -0.05) is 0 Å². The number of aliphatic hydroxyl groups excluding tert-OH is 2. The van der Waals surface area contributed by atoms with Crippen molar-refractivity contribution >= 4 is 22.3 Å². The number of hydrogen-bond donors (Lipinski definition) is 3. The molecule has 0 aliphatic heterocycles. The molecule has 0 saturated carbocycles. The summed E-state index contributed by atoms with van der Waals surface area (Å²) in [6.45, 7) is 0. The molecule has 16 heavy (non-hydrogen) atoms. The number of carboxylic acid groups (broad SMARTS) is 2. The van der Waals surface area contributed by atoms with Gasteiger partial charge >= 0.3 is 46.8 Å². The summed E-state index contributed by atoms with van der Waals surface area (Å²) in [5.41, 5.74) is 0. The van der Waals surface area contributed by atoms with Gasteiger partial charge in [-0.2, -0.15) is 0 Å². The van der Waals surface area contributed by atoms with E-state index in [1.54, 1.807) is 0 Å². The minimum absolute atomic E-state index is 0. The van der Waals surface area contributed by atoms with Crippen LogP contribution in [0.3, 0.4) is 0 Å². The predicted molar refractivity (Wildman–Crippen MR) is 35.1 cm³/mol. The largest absolute Gasteiger partial charge is 3.00 e. The molecule has 2 atom stereocenters. The molecule has 0 spiro atoms. The first-order chi connectivity index (χ1) is 6.46. The van der Waals surface area contributed by atoms with E-state index in [1.165, 1.54) is 0 Å². The van der Waals surface area contributed by atoms with Crippen LogP contribution in [0.1, 0.15) is 0 Å². The number of aliphatic carboxylic acids is 2. The van der Waals surface area contributed by atoms with E-state index < -0.39 is 34.5 Å². The van der Waals surface area contributed by atoms with Gasteiger partial charge < -0.3 is 34.3 Å². The first-order valence-corrected chi connectivity index (χ1v) is 4.26. The number of carboxylic acids is 2. The molecule has 0 aromatic rings. The third-order valence-electron chi connectivity index (χ3n) is 0.794. The van der Waals surface area contributed by atoms with Gasteiger partial charge in [0.2, 0.25) is 0 Å². The van der Waals surface area contributed by atoms with Gasteiger partial charge in [-0.25, -0.2) is 4.79 Å². The molecular weight excluding hydrogens is 384 g/mol. The standard InChI is InChI=1S/C4H6O6.Nd.H2O4S/c5-1(3(7)8)2(6)4(9)10;;1-5(2,3)4/h1-2,5-6H,(H,7,8)(H,9,10);;(H2,1,2,3,4)/q;+3;/p-3. The van der Waals surface area contributed by atoms with E-state index in [-0.39, 0.29) is 40.8 Å². The van der Waals surface area contributed by atoms with Crippen LogP contribution in [-0.2, 0) is 20.0 Å². The average molecular weight is 389 g/mol. The Balaban J connectivity index is -0.000000242. The first kappa shape index (κ1) is 21.4. The maximum atomic E-state index is 9.74. The molecule has 0 rings (SSSR count). The molecule has 0 amide bonds. The van der Waals surface area contributed by atoms with Gasteiger partial charge in [0.1, 0.15) is 6.10 Å². The third kappa shape index (κ3) is 16.5. The van der Waals surface area contributed by atoms with Crippen molar-refractivity contribution in [1.82, 2.24) is 0 Å². The molecule has 12 heteroatoms. The summed E-state index contributed by atoms with van der Waals surface area (Å²) in [5, 5.41) is 34.1. The molecule has 0 aromatic carbocycles. The number of carbonyl (C=O) groups excluding carboxylic acids is 1. The van der Waals surface area contributed by atoms with Crippen LogP contribution in [0.15, 0.2) is 0 Å². The van der Waals surface area contributed by atoms with E-state index in [9.17, 15) is 14.7 Å². The van der Waals surface area contributed by atoms with Crippen molar-refractivity contribution in [3.63, 3.8) is 0 Å². The van der Waals surface area contributed by atoms with Crippen molar-refractivity contribution < 1.29 is 88.4 Å². The van der Waals surface area contributed by atoms with E-state index in [2.05, 4.69) is 0 Å². The Morgan fingerprint density at radius 1 is 1.06 bits per heavy atom. The molecule has 0 bridgehead atoms. The van der Waals surface area contributed by atoms with Crippen molar-refractivity contribution in [1.29, 1.82) is 0 Å². The fraction of sp³-hybridized carbons (Fsp3) is 0.500. The van der Waals surface area contributed by atoms with Gasteiger partial charge in [0.15, 0.2) is 6.10 Å². The molecule has 3 N–H and O–H groups in total. The summed E-state index contributed by atoms with van der Waals surface area (Å²) in [5.74, 6) is -3.83. The first-order valence-electron chi connectivity index (χ1n) is 2.93. The summed E-state index contributed by atoms with van der Waals surface area (Å²) in [7, 11) is -5.17. The Kier molecular flexibility index (Phi) is 12.2. The molecular formula is C4H5NdO10S. The third-order valence-corrected chi connectivity index (χ3v) is 0.794. The Morgan fingerprint density at radius 3 is 1.38 bits per heavy atom. The van der Waals surface area contributed by atoms with Crippen molar-refractivity contribution in [2.45, 2.75) is 12.2 Å². The second kappa shape index (κ2) is 9.15. The van der Waals surface area contributed by atoms with Gasteiger partial charge in [-0.3, -0.25) is 8.42 Å². The number of hydrogen-bond acceptors (Lipinski definition) is 9. The van der Waals surface area contributed by atoms with Crippen molar-refractivity contribution in [2.24, 2.45) is 0 Å². The van der Waals surface area contributed by atoms with Crippen molar-refractivity contribution in [3.8, 4) is 0 Å². The second-order valence-electron chi connectivity index (χ2n) is 1.96. The molecule has 0 aliphatic carbocycles. The van der Waals surface area contributed by atoms with Crippen LogP contribution in [0, 0.1) is 40.8 Å². The predicted octanol–water partition coefficient (Wildman–Crippen LogP) is -4.80. The smallest absolute Gasteiger partial charge is 0.759 e. The minimum Gasteiger partial charge on any atom is -0.759 e. The average Bonchev–Trinajstić information content (AvgIpc) is 1.98.